The van der Waals surface area contributed by atoms with Gasteiger partial charge in [-0.05, 0) is 0 Å². The van der Waals surface area contributed by atoms with Gasteiger partial charge in [0, 0.05) is 13.0 Å². The maximum Gasteiger partial charge on any atom is 0.203 e. The highest BCUT2D eigenvalue weighted by Crippen LogP contribution is 2.10. The lowest BCUT2D eigenvalue weighted by molar-refractivity contribution is 0.299. The highest BCUT2D eigenvalue weighted by atomic mass is 32.1. The van der Waals surface area contributed by atoms with Crippen LogP contribution in [0.25, 0.3) is 0 Å². The Morgan fingerprint density at radius 2 is 2.33 bits per heavy atom. The Balaban J connectivity index is 2.61. The summed E-state index contributed by atoms with van der Waals surface area (Å²) in [6, 6.07) is 0. The van der Waals surface area contributed by atoms with Crippen molar-refractivity contribution in [2.24, 2.45) is 0 Å². The van der Waals surface area contributed by atoms with Crippen molar-refractivity contribution in [2.75, 3.05) is 12.3 Å². The van der Waals surface area contributed by atoms with Gasteiger partial charge in [-0.15, -0.1) is 10.2 Å². The molecular weight excluding hydrogens is 138 g/mol. The van der Waals surface area contributed by atoms with Crippen molar-refractivity contribution in [3.8, 4) is 0 Å². The summed E-state index contributed by atoms with van der Waals surface area (Å²) in [5, 5.41) is 16.9. The van der Waals surface area contributed by atoms with Crippen LogP contribution in [0.2, 0.25) is 0 Å². The first-order chi connectivity index (χ1) is 4.33. The molecule has 0 aromatic carbocycles. The van der Waals surface area contributed by atoms with Gasteiger partial charge >= 0.3 is 0 Å². The van der Waals surface area contributed by atoms with Gasteiger partial charge in [0.15, 0.2) is 0 Å². The van der Waals surface area contributed by atoms with E-state index in [-0.39, 0.29) is 6.61 Å². The number of aromatic nitrogens is 2. The second-order valence-corrected chi connectivity index (χ2v) is 2.60. The van der Waals surface area contributed by atoms with Crippen molar-refractivity contribution in [2.45, 2.75) is 6.42 Å². The third-order valence-corrected chi connectivity index (χ3v) is 1.62. The van der Waals surface area contributed by atoms with Gasteiger partial charge in [-0.1, -0.05) is 11.3 Å². The Hall–Kier alpha value is -0.680. The Kier molecular flexibility index (Phi) is 1.96. The number of hydrogen-bond acceptors (Lipinski definition) is 5. The number of nitrogen functional groups attached to an aromatic ring is 1. The normalized spacial score (nSPS) is 9.89. The van der Waals surface area contributed by atoms with Crippen LogP contribution >= 0.6 is 11.3 Å². The second-order valence-electron chi connectivity index (χ2n) is 1.51. The minimum atomic E-state index is 0.106. The van der Waals surface area contributed by atoms with Crippen molar-refractivity contribution in [1.82, 2.24) is 10.2 Å². The molecular formula is C4H7N3OS. The number of hydrogen-bond donors (Lipinski definition) is 2. The van der Waals surface area contributed by atoms with Gasteiger partial charge in [0.1, 0.15) is 5.01 Å². The standard InChI is InChI=1S/C4H7N3OS/c5-4-7-6-3(9-4)1-2-8/h8H,1-2H2,(H2,5,7). The summed E-state index contributed by atoms with van der Waals surface area (Å²) >= 11 is 1.31. The molecule has 1 aromatic heterocycles. The van der Waals surface area contributed by atoms with Gasteiger partial charge < -0.3 is 10.8 Å². The number of nitrogens with zero attached hydrogens (tertiary/aromatic N) is 2. The Bertz CT molecular complexity index is 188. The van der Waals surface area contributed by atoms with E-state index in [4.69, 9.17) is 10.8 Å². The Labute approximate surface area is 56.3 Å². The minimum absolute atomic E-state index is 0.106. The SMILES string of the molecule is Nc1nnc(CCO)s1. The summed E-state index contributed by atoms with van der Waals surface area (Å²) in [5.41, 5.74) is 5.27. The number of aliphatic hydroxyl groups excluding tert-OH is 1. The van der Waals surface area contributed by atoms with Crippen LogP contribution in [0.3, 0.4) is 0 Å². The number of aliphatic hydroxyl groups is 1. The predicted molar refractivity (Wildman–Crippen MR) is 35.1 cm³/mol. The number of nitrogens with two attached hydrogens (primary N) is 1. The third-order valence-electron chi connectivity index (χ3n) is 0.808. The molecule has 0 saturated heterocycles. The van der Waals surface area contributed by atoms with Crippen LogP contribution in [0.4, 0.5) is 5.13 Å². The van der Waals surface area contributed by atoms with Crippen LogP contribution in [0.1, 0.15) is 5.01 Å². The fraction of sp³-hybridized carbons (Fsp3) is 0.500. The van der Waals surface area contributed by atoms with Crippen LogP contribution < -0.4 is 5.73 Å². The molecule has 0 spiro atoms. The number of anilines is 1. The van der Waals surface area contributed by atoms with Crippen molar-refractivity contribution >= 4 is 16.5 Å². The molecule has 0 aliphatic heterocycles. The van der Waals surface area contributed by atoms with Crippen molar-refractivity contribution in [3.05, 3.63) is 5.01 Å². The van der Waals surface area contributed by atoms with Crippen molar-refractivity contribution in [1.29, 1.82) is 0 Å². The molecule has 5 heteroatoms. The summed E-state index contributed by atoms with van der Waals surface area (Å²) in [4.78, 5) is 0. The molecule has 1 heterocycles. The van der Waals surface area contributed by atoms with Crippen LogP contribution in [0, 0.1) is 0 Å². The molecule has 50 valence electrons. The molecule has 0 amide bonds. The molecule has 0 radical (unpaired) electrons. The zero-order valence-electron chi connectivity index (χ0n) is 4.74. The van der Waals surface area contributed by atoms with Crippen molar-refractivity contribution in [3.63, 3.8) is 0 Å². The van der Waals surface area contributed by atoms with Crippen LogP contribution in [-0.4, -0.2) is 21.9 Å². The van der Waals surface area contributed by atoms with Gasteiger partial charge in [-0.3, -0.25) is 0 Å². The monoisotopic (exact) mass is 145 g/mol. The summed E-state index contributed by atoms with van der Waals surface area (Å²) in [7, 11) is 0. The van der Waals surface area contributed by atoms with E-state index in [0.717, 1.165) is 5.01 Å². The lowest BCUT2D eigenvalue weighted by Crippen LogP contribution is -1.88. The van der Waals surface area contributed by atoms with E-state index in [9.17, 15) is 0 Å². The molecule has 4 nitrogen and oxygen atoms in total. The first kappa shape index (κ1) is 6.44. The molecule has 0 aliphatic carbocycles. The van der Waals surface area contributed by atoms with Crippen LogP contribution in [0.5, 0.6) is 0 Å². The largest absolute Gasteiger partial charge is 0.396 e. The zero-order valence-corrected chi connectivity index (χ0v) is 5.56. The van der Waals surface area contributed by atoms with Gasteiger partial charge in [-0.25, -0.2) is 0 Å². The van der Waals surface area contributed by atoms with Crippen LogP contribution in [-0.2, 0) is 6.42 Å². The smallest absolute Gasteiger partial charge is 0.203 e. The fourth-order valence-corrected chi connectivity index (χ4v) is 1.06. The van der Waals surface area contributed by atoms with E-state index < -0.39 is 0 Å². The Morgan fingerprint density at radius 3 is 2.78 bits per heavy atom. The summed E-state index contributed by atoms with van der Waals surface area (Å²) < 4.78 is 0. The Morgan fingerprint density at radius 1 is 1.56 bits per heavy atom. The first-order valence-corrected chi connectivity index (χ1v) is 3.33. The quantitative estimate of drug-likeness (QED) is 0.597. The first-order valence-electron chi connectivity index (χ1n) is 2.51. The average molecular weight is 145 g/mol. The van der Waals surface area contributed by atoms with Gasteiger partial charge in [0.05, 0.1) is 0 Å². The van der Waals surface area contributed by atoms with E-state index in [1.54, 1.807) is 0 Å². The fourth-order valence-electron chi connectivity index (χ4n) is 0.463. The maximum atomic E-state index is 8.43. The van der Waals surface area contributed by atoms with E-state index in [0.29, 0.717) is 11.6 Å². The molecule has 0 aliphatic rings. The molecule has 0 fully saturated rings. The minimum Gasteiger partial charge on any atom is -0.396 e. The second kappa shape index (κ2) is 2.75. The van der Waals surface area contributed by atoms with Crippen molar-refractivity contribution < 1.29 is 5.11 Å². The topological polar surface area (TPSA) is 72.0 Å². The lowest BCUT2D eigenvalue weighted by atomic mass is 10.5. The molecule has 0 atom stereocenters. The number of rotatable bonds is 2. The molecule has 0 saturated carbocycles. The lowest BCUT2D eigenvalue weighted by Gasteiger charge is -1.82. The maximum absolute atomic E-state index is 8.43. The molecule has 1 rings (SSSR count). The molecule has 3 N–H and O–H groups in total. The summed E-state index contributed by atoms with van der Waals surface area (Å²) in [5.74, 6) is 0. The zero-order chi connectivity index (χ0) is 6.69. The van der Waals surface area contributed by atoms with Gasteiger partial charge in [0.2, 0.25) is 5.13 Å². The highest BCUT2D eigenvalue weighted by molar-refractivity contribution is 7.15. The van der Waals surface area contributed by atoms with E-state index in [1.807, 2.05) is 0 Å². The van der Waals surface area contributed by atoms with E-state index >= 15 is 0 Å². The van der Waals surface area contributed by atoms with E-state index in [2.05, 4.69) is 10.2 Å². The van der Waals surface area contributed by atoms with Crippen LogP contribution in [0.15, 0.2) is 0 Å². The molecule has 9 heavy (non-hydrogen) atoms. The highest BCUT2D eigenvalue weighted by Gasteiger charge is 1.97. The summed E-state index contributed by atoms with van der Waals surface area (Å²) in [6.45, 7) is 0.106. The van der Waals surface area contributed by atoms with E-state index in [1.165, 1.54) is 11.3 Å². The average Bonchev–Trinajstić information content (AvgIpc) is 2.17. The molecule has 0 bridgehead atoms. The molecule has 0 unspecified atom stereocenters. The van der Waals surface area contributed by atoms with Gasteiger partial charge in [0.25, 0.3) is 0 Å². The van der Waals surface area contributed by atoms with Gasteiger partial charge in [-0.2, -0.15) is 0 Å². The predicted octanol–water partition coefficient (Wildman–Crippen LogP) is -0.345. The molecule has 1 aromatic rings. The summed E-state index contributed by atoms with van der Waals surface area (Å²) in [6.07, 6.45) is 0.550. The third kappa shape index (κ3) is 1.62.